The highest BCUT2D eigenvalue weighted by atomic mass is 19.4. The average Bonchev–Trinajstić information content (AvgIpc) is 2.83. The number of pyridine rings is 1. The zero-order valence-corrected chi connectivity index (χ0v) is 18.9. The van der Waals surface area contributed by atoms with Gasteiger partial charge in [0.05, 0.1) is 12.2 Å². The Hall–Kier alpha value is -3.26. The number of aromatic nitrogens is 3. The topological polar surface area (TPSA) is 126 Å². The zero-order chi connectivity index (χ0) is 26.3. The van der Waals surface area contributed by atoms with Gasteiger partial charge in [0.15, 0.2) is 17.7 Å². The van der Waals surface area contributed by atoms with Gasteiger partial charge in [-0.05, 0) is 18.6 Å². The molecule has 194 valence electrons. The Bertz CT molecular complexity index is 1150. The second-order valence-electron chi connectivity index (χ2n) is 8.77. The number of rotatable bonds is 5. The number of carbonyl (C=O) groups excluding carboxylic acids is 2. The van der Waals surface area contributed by atoms with E-state index in [9.17, 15) is 36.6 Å². The lowest BCUT2D eigenvalue weighted by Gasteiger charge is -2.38. The van der Waals surface area contributed by atoms with Gasteiger partial charge in [-0.3, -0.25) is 14.6 Å². The van der Waals surface area contributed by atoms with E-state index in [1.807, 2.05) is 0 Å². The predicted octanol–water partition coefficient (Wildman–Crippen LogP) is 1.74. The van der Waals surface area contributed by atoms with Gasteiger partial charge in [-0.1, -0.05) is 0 Å². The quantitative estimate of drug-likeness (QED) is 0.583. The van der Waals surface area contributed by atoms with Crippen molar-refractivity contribution in [2.75, 3.05) is 13.1 Å². The zero-order valence-electron chi connectivity index (χ0n) is 18.9. The summed E-state index contributed by atoms with van der Waals surface area (Å²) in [5.74, 6) is -4.90. The molecule has 3 N–H and O–H groups in total. The van der Waals surface area contributed by atoms with E-state index < -0.39 is 61.3 Å². The van der Waals surface area contributed by atoms with Crippen LogP contribution in [0.2, 0.25) is 0 Å². The molecule has 2 unspecified atom stereocenters. The Morgan fingerprint density at radius 2 is 1.92 bits per heavy atom. The molecule has 2 aromatic rings. The molecular weight excluding hydrogens is 491 g/mol. The van der Waals surface area contributed by atoms with Crippen LogP contribution < -0.4 is 5.73 Å². The van der Waals surface area contributed by atoms with Crippen LogP contribution in [0.3, 0.4) is 0 Å². The molecule has 0 aliphatic carbocycles. The lowest BCUT2D eigenvalue weighted by atomic mass is 10.0. The van der Waals surface area contributed by atoms with E-state index in [0.29, 0.717) is 10.5 Å². The van der Waals surface area contributed by atoms with E-state index >= 15 is 0 Å². The molecule has 0 saturated carbocycles. The maximum Gasteiger partial charge on any atom is 0.433 e. The fourth-order valence-corrected chi connectivity index (χ4v) is 4.29. The molecule has 0 aromatic carbocycles. The number of nitrogens with two attached hydrogens (primary N) is 1. The number of aliphatic hydroxyl groups excluding tert-OH is 1. The molecule has 4 rings (SSSR count). The number of piperidine rings is 1. The van der Waals surface area contributed by atoms with Crippen molar-refractivity contribution in [3.63, 3.8) is 0 Å². The minimum absolute atomic E-state index is 0.0404. The molecule has 0 radical (unpaired) electrons. The van der Waals surface area contributed by atoms with Gasteiger partial charge in [-0.2, -0.15) is 13.2 Å². The first-order valence-electron chi connectivity index (χ1n) is 11.1. The van der Waals surface area contributed by atoms with Crippen molar-refractivity contribution in [3.8, 4) is 11.4 Å². The molecule has 2 aromatic heterocycles. The Kier molecular flexibility index (Phi) is 6.92. The van der Waals surface area contributed by atoms with E-state index in [1.54, 1.807) is 0 Å². The highest BCUT2D eigenvalue weighted by Crippen LogP contribution is 2.35. The van der Waals surface area contributed by atoms with Gasteiger partial charge in [-0.25, -0.2) is 18.7 Å². The minimum Gasteiger partial charge on any atom is -0.368 e. The van der Waals surface area contributed by atoms with Gasteiger partial charge in [0.25, 0.3) is 5.92 Å². The van der Waals surface area contributed by atoms with Crippen LogP contribution in [-0.2, 0) is 28.7 Å². The predicted molar refractivity (Wildman–Crippen MR) is 114 cm³/mol. The Balaban J connectivity index is 1.50. The molecule has 4 heterocycles. The average molecular weight is 514 g/mol. The van der Waals surface area contributed by atoms with Crippen LogP contribution in [0.4, 0.5) is 22.0 Å². The van der Waals surface area contributed by atoms with Gasteiger partial charge < -0.3 is 20.6 Å². The number of hydrogen-bond donors (Lipinski definition) is 2. The SMILES string of the molecule is NC(CC(=O)N1CCc2c(nc(-c3ccncc3)nc2C(F)(F)F)C1)CN1C(=O)CCC(F)(F)C1O. The monoisotopic (exact) mass is 514 g/mol. The van der Waals surface area contributed by atoms with Gasteiger partial charge in [0, 0.05) is 61.9 Å². The van der Waals surface area contributed by atoms with Crippen LogP contribution in [0.5, 0.6) is 0 Å². The number of hydrogen-bond acceptors (Lipinski definition) is 7. The number of likely N-dealkylation sites (tertiary alicyclic amines) is 1. The number of halogens is 5. The largest absolute Gasteiger partial charge is 0.433 e. The number of carbonyl (C=O) groups is 2. The molecule has 0 spiro atoms. The smallest absolute Gasteiger partial charge is 0.368 e. The summed E-state index contributed by atoms with van der Waals surface area (Å²) < 4.78 is 68.8. The molecule has 1 saturated heterocycles. The highest BCUT2D eigenvalue weighted by molar-refractivity contribution is 5.79. The molecule has 2 atom stereocenters. The van der Waals surface area contributed by atoms with E-state index in [-0.39, 0.29) is 43.0 Å². The fourth-order valence-electron chi connectivity index (χ4n) is 4.29. The first-order chi connectivity index (χ1) is 16.9. The molecule has 9 nitrogen and oxygen atoms in total. The van der Waals surface area contributed by atoms with Crippen LogP contribution in [0.1, 0.15) is 36.2 Å². The number of fused-ring (bicyclic) bond motifs is 1. The van der Waals surface area contributed by atoms with Crippen LogP contribution in [0, 0.1) is 0 Å². The van der Waals surface area contributed by atoms with E-state index in [1.165, 1.54) is 29.4 Å². The van der Waals surface area contributed by atoms with Gasteiger partial charge in [0.1, 0.15) is 0 Å². The summed E-state index contributed by atoms with van der Waals surface area (Å²) in [6, 6.07) is 1.86. The molecule has 14 heteroatoms. The second-order valence-corrected chi connectivity index (χ2v) is 8.77. The number of amides is 2. The van der Waals surface area contributed by atoms with Gasteiger partial charge >= 0.3 is 6.18 Å². The van der Waals surface area contributed by atoms with Crippen LogP contribution >= 0.6 is 0 Å². The first-order valence-corrected chi connectivity index (χ1v) is 11.1. The Labute approximate surface area is 202 Å². The molecule has 2 amide bonds. The van der Waals surface area contributed by atoms with Crippen molar-refractivity contribution in [1.82, 2.24) is 24.8 Å². The fraction of sp³-hybridized carbons (Fsp3) is 0.500. The molecule has 1 fully saturated rings. The lowest BCUT2D eigenvalue weighted by Crippen LogP contribution is -2.58. The molecule has 2 aliphatic rings. The number of aliphatic hydroxyl groups is 1. The number of nitrogens with zero attached hydrogens (tertiary/aromatic N) is 5. The third-order valence-electron chi connectivity index (χ3n) is 6.16. The van der Waals surface area contributed by atoms with Crippen LogP contribution in [-0.4, -0.2) is 73.0 Å². The van der Waals surface area contributed by atoms with Crippen molar-refractivity contribution in [1.29, 1.82) is 0 Å². The third-order valence-corrected chi connectivity index (χ3v) is 6.16. The van der Waals surface area contributed by atoms with E-state index in [2.05, 4.69) is 15.0 Å². The van der Waals surface area contributed by atoms with Crippen molar-refractivity contribution in [2.45, 2.75) is 56.6 Å². The standard InChI is InChI=1S/C22H23F5N6O3/c23-21(24)5-1-16(34)33(20(21)36)10-13(28)9-17(35)32-8-4-14-15(11-32)30-19(12-2-6-29-7-3-12)31-18(14)22(25,26)27/h2-3,6-7,13,20,36H,1,4-5,8-11,28H2. The first kappa shape index (κ1) is 25.8. The Morgan fingerprint density at radius 3 is 2.58 bits per heavy atom. The van der Waals surface area contributed by atoms with E-state index in [0.717, 1.165) is 0 Å². The minimum atomic E-state index is -4.73. The maximum absolute atomic E-state index is 13.8. The summed E-state index contributed by atoms with van der Waals surface area (Å²) >= 11 is 0. The van der Waals surface area contributed by atoms with Crippen molar-refractivity contribution < 1.29 is 36.6 Å². The van der Waals surface area contributed by atoms with Crippen molar-refractivity contribution in [3.05, 3.63) is 41.5 Å². The summed E-state index contributed by atoms with van der Waals surface area (Å²) in [5.41, 5.74) is 5.12. The summed E-state index contributed by atoms with van der Waals surface area (Å²) in [6.45, 7) is -0.755. The van der Waals surface area contributed by atoms with Gasteiger partial charge in [0.2, 0.25) is 11.8 Å². The molecule has 2 aliphatic heterocycles. The molecular formula is C22H23F5N6O3. The normalized spacial score (nSPS) is 20.8. The van der Waals surface area contributed by atoms with E-state index in [4.69, 9.17) is 5.73 Å². The van der Waals surface area contributed by atoms with Crippen LogP contribution in [0.15, 0.2) is 24.5 Å². The van der Waals surface area contributed by atoms with Gasteiger partial charge in [-0.15, -0.1) is 0 Å². The van der Waals surface area contributed by atoms with Crippen molar-refractivity contribution in [2.24, 2.45) is 5.73 Å². The summed E-state index contributed by atoms with van der Waals surface area (Å²) in [7, 11) is 0. The van der Waals surface area contributed by atoms with Crippen LogP contribution in [0.25, 0.3) is 11.4 Å². The summed E-state index contributed by atoms with van der Waals surface area (Å²) in [5, 5.41) is 9.81. The lowest BCUT2D eigenvalue weighted by molar-refractivity contribution is -0.205. The summed E-state index contributed by atoms with van der Waals surface area (Å²) in [6.07, 6.45) is -6.05. The van der Waals surface area contributed by atoms with Crippen molar-refractivity contribution >= 4 is 11.8 Å². The summed E-state index contributed by atoms with van der Waals surface area (Å²) in [4.78, 5) is 38.5. The molecule has 36 heavy (non-hydrogen) atoms. The third kappa shape index (κ3) is 5.28. The number of alkyl halides is 5. The maximum atomic E-state index is 13.8. The highest BCUT2D eigenvalue weighted by Gasteiger charge is 2.48. The second kappa shape index (κ2) is 9.65. The molecule has 0 bridgehead atoms. The Morgan fingerprint density at radius 1 is 1.22 bits per heavy atom.